The van der Waals surface area contributed by atoms with Gasteiger partial charge in [-0.3, -0.25) is 9.67 Å². The molecule has 4 nitrogen and oxygen atoms in total. The van der Waals surface area contributed by atoms with Gasteiger partial charge >= 0.3 is 0 Å². The average Bonchev–Trinajstić information content (AvgIpc) is 2.05. The standard InChI is InChI=1S/C5H6Cl2N4/c6-10-3-1-4(11-7)5(8)9-2-3/h1-2,10-11H,(H2,8,9). The number of hydrogen-bond acceptors (Lipinski definition) is 4. The van der Waals surface area contributed by atoms with Gasteiger partial charge in [0, 0.05) is 23.6 Å². The molecule has 0 bridgehead atoms. The molecule has 0 aliphatic heterocycles. The molecule has 0 aliphatic carbocycles. The van der Waals surface area contributed by atoms with Crippen molar-refractivity contribution < 1.29 is 0 Å². The Balaban J connectivity index is 3.02. The van der Waals surface area contributed by atoms with Crippen molar-refractivity contribution in [2.75, 3.05) is 15.4 Å². The van der Waals surface area contributed by atoms with Gasteiger partial charge in [0.25, 0.3) is 0 Å². The summed E-state index contributed by atoms with van der Waals surface area (Å²) in [5, 5.41) is 0. The van der Waals surface area contributed by atoms with Crippen molar-refractivity contribution in [3.05, 3.63) is 12.3 Å². The van der Waals surface area contributed by atoms with Gasteiger partial charge in [-0.2, -0.15) is 0 Å². The van der Waals surface area contributed by atoms with E-state index in [0.717, 1.165) is 0 Å². The summed E-state index contributed by atoms with van der Waals surface area (Å²) in [6.45, 7) is 0. The second-order valence-corrected chi connectivity index (χ2v) is 2.22. The third-order valence-electron chi connectivity index (χ3n) is 1.13. The topological polar surface area (TPSA) is 63.0 Å². The lowest BCUT2D eigenvalue weighted by Gasteiger charge is -2.03. The van der Waals surface area contributed by atoms with Crippen LogP contribution in [0.1, 0.15) is 0 Å². The van der Waals surface area contributed by atoms with E-state index in [1.165, 1.54) is 6.20 Å². The fourth-order valence-electron chi connectivity index (χ4n) is 0.603. The molecule has 1 heterocycles. The van der Waals surface area contributed by atoms with Crippen LogP contribution in [0.4, 0.5) is 17.2 Å². The molecule has 4 N–H and O–H groups in total. The van der Waals surface area contributed by atoms with Crippen LogP contribution in [0, 0.1) is 0 Å². The van der Waals surface area contributed by atoms with Crippen molar-refractivity contribution in [1.82, 2.24) is 4.98 Å². The van der Waals surface area contributed by atoms with Gasteiger partial charge in [-0.15, -0.1) is 0 Å². The Morgan fingerprint density at radius 2 is 2.09 bits per heavy atom. The molecule has 0 aromatic carbocycles. The molecule has 1 aromatic rings. The zero-order valence-corrected chi connectivity index (χ0v) is 6.95. The van der Waals surface area contributed by atoms with Gasteiger partial charge in [-0.05, 0) is 6.07 Å². The fraction of sp³-hybridized carbons (Fsp3) is 0. The maximum Gasteiger partial charge on any atom is 0.148 e. The predicted octanol–water partition coefficient (Wildman–Crippen LogP) is 1.80. The second-order valence-electron chi connectivity index (χ2n) is 1.85. The first-order valence-electron chi connectivity index (χ1n) is 2.76. The molecule has 11 heavy (non-hydrogen) atoms. The van der Waals surface area contributed by atoms with Crippen molar-refractivity contribution in [1.29, 1.82) is 0 Å². The van der Waals surface area contributed by atoms with Crippen LogP contribution in [0.15, 0.2) is 12.3 Å². The third-order valence-corrected chi connectivity index (χ3v) is 1.55. The fourth-order valence-corrected chi connectivity index (χ4v) is 0.857. The molecule has 0 unspecified atom stereocenters. The minimum atomic E-state index is 0.329. The van der Waals surface area contributed by atoms with Crippen LogP contribution in [-0.2, 0) is 0 Å². The number of halogens is 2. The van der Waals surface area contributed by atoms with Gasteiger partial charge in [0.05, 0.1) is 17.6 Å². The highest BCUT2D eigenvalue weighted by Crippen LogP contribution is 2.20. The number of nitrogens with two attached hydrogens (primary N) is 1. The summed E-state index contributed by atoms with van der Waals surface area (Å²) < 4.78 is 0. The molecule has 60 valence electrons. The molecular formula is C5H6Cl2N4. The quantitative estimate of drug-likeness (QED) is 0.626. The minimum absolute atomic E-state index is 0.329. The Labute approximate surface area is 73.9 Å². The van der Waals surface area contributed by atoms with Crippen LogP contribution in [-0.4, -0.2) is 4.98 Å². The van der Waals surface area contributed by atoms with Gasteiger partial charge in [-0.1, -0.05) is 0 Å². The molecule has 0 fully saturated rings. The summed E-state index contributed by atoms with van der Waals surface area (Å²) in [5.74, 6) is 0.329. The number of nitrogen functional groups attached to an aromatic ring is 1. The number of nitrogens with one attached hydrogen (secondary N) is 2. The van der Waals surface area contributed by atoms with Gasteiger partial charge < -0.3 is 5.73 Å². The van der Waals surface area contributed by atoms with Crippen molar-refractivity contribution in [3.63, 3.8) is 0 Å². The van der Waals surface area contributed by atoms with Crippen molar-refractivity contribution in [2.24, 2.45) is 0 Å². The van der Waals surface area contributed by atoms with Gasteiger partial charge in [0.15, 0.2) is 0 Å². The second kappa shape index (κ2) is 3.50. The highest BCUT2D eigenvalue weighted by atomic mass is 35.5. The Morgan fingerprint density at radius 1 is 1.36 bits per heavy atom. The van der Waals surface area contributed by atoms with Crippen LogP contribution >= 0.6 is 23.6 Å². The molecule has 0 aliphatic rings. The van der Waals surface area contributed by atoms with Gasteiger partial charge in [0.2, 0.25) is 0 Å². The maximum absolute atomic E-state index is 5.43. The predicted molar refractivity (Wildman–Crippen MR) is 47.6 cm³/mol. The van der Waals surface area contributed by atoms with E-state index in [0.29, 0.717) is 17.2 Å². The van der Waals surface area contributed by atoms with Crippen molar-refractivity contribution in [2.45, 2.75) is 0 Å². The first-order chi connectivity index (χ1) is 5.27. The van der Waals surface area contributed by atoms with E-state index in [4.69, 9.17) is 29.3 Å². The van der Waals surface area contributed by atoms with E-state index in [-0.39, 0.29) is 0 Å². The SMILES string of the molecule is Nc1ncc(NCl)cc1NCl. The Bertz CT molecular complexity index is 252. The zero-order chi connectivity index (χ0) is 8.27. The number of nitrogens with zero attached hydrogens (tertiary/aromatic N) is 1. The Morgan fingerprint density at radius 3 is 2.64 bits per heavy atom. The van der Waals surface area contributed by atoms with Crippen LogP contribution in [0.5, 0.6) is 0 Å². The average molecular weight is 193 g/mol. The summed E-state index contributed by atoms with van der Waals surface area (Å²) >= 11 is 10.6. The van der Waals surface area contributed by atoms with E-state index < -0.39 is 0 Å². The molecule has 1 aromatic heterocycles. The van der Waals surface area contributed by atoms with E-state index >= 15 is 0 Å². The molecule has 0 saturated carbocycles. The van der Waals surface area contributed by atoms with E-state index in [1.54, 1.807) is 6.07 Å². The smallest absolute Gasteiger partial charge is 0.148 e. The summed E-state index contributed by atoms with van der Waals surface area (Å²) in [5.41, 5.74) is 6.58. The van der Waals surface area contributed by atoms with Crippen LogP contribution in [0.25, 0.3) is 0 Å². The molecule has 1 rings (SSSR count). The largest absolute Gasteiger partial charge is 0.382 e. The zero-order valence-electron chi connectivity index (χ0n) is 5.44. The Hall–Kier alpha value is -0.870. The van der Waals surface area contributed by atoms with E-state index in [1.807, 2.05) is 0 Å². The van der Waals surface area contributed by atoms with Crippen LogP contribution in [0.2, 0.25) is 0 Å². The van der Waals surface area contributed by atoms with Gasteiger partial charge in [-0.25, -0.2) is 4.98 Å². The first kappa shape index (κ1) is 8.23. The molecule has 0 saturated heterocycles. The summed E-state index contributed by atoms with van der Waals surface area (Å²) in [6.07, 6.45) is 1.50. The molecular weight excluding hydrogens is 187 g/mol. The molecule has 6 heteroatoms. The third kappa shape index (κ3) is 1.78. The van der Waals surface area contributed by atoms with Gasteiger partial charge in [0.1, 0.15) is 5.82 Å². The lowest BCUT2D eigenvalue weighted by molar-refractivity contribution is 1.34. The monoisotopic (exact) mass is 192 g/mol. The Kier molecular flexibility index (Phi) is 2.62. The minimum Gasteiger partial charge on any atom is -0.382 e. The highest BCUT2D eigenvalue weighted by molar-refractivity contribution is 6.25. The number of aromatic nitrogens is 1. The van der Waals surface area contributed by atoms with Crippen molar-refractivity contribution >= 4 is 40.7 Å². The normalized spacial score (nSPS) is 9.27. The number of pyridine rings is 1. The van der Waals surface area contributed by atoms with Crippen molar-refractivity contribution in [3.8, 4) is 0 Å². The first-order valence-corrected chi connectivity index (χ1v) is 3.52. The van der Waals surface area contributed by atoms with Crippen LogP contribution in [0.3, 0.4) is 0 Å². The molecule has 0 atom stereocenters. The summed E-state index contributed by atoms with van der Waals surface area (Å²) in [7, 11) is 0. The maximum atomic E-state index is 5.43. The summed E-state index contributed by atoms with van der Waals surface area (Å²) in [4.78, 5) is 8.55. The number of rotatable bonds is 2. The lowest BCUT2D eigenvalue weighted by atomic mass is 10.4. The summed E-state index contributed by atoms with van der Waals surface area (Å²) in [6, 6.07) is 1.64. The van der Waals surface area contributed by atoms with E-state index in [9.17, 15) is 0 Å². The molecule has 0 amide bonds. The number of hydrogen-bond donors (Lipinski definition) is 3. The lowest BCUT2D eigenvalue weighted by Crippen LogP contribution is -1.95. The number of anilines is 3. The van der Waals surface area contributed by atoms with E-state index in [2.05, 4.69) is 14.7 Å². The van der Waals surface area contributed by atoms with Crippen LogP contribution < -0.4 is 15.4 Å². The highest BCUT2D eigenvalue weighted by Gasteiger charge is 1.99. The molecule has 0 radical (unpaired) electrons. The molecule has 0 spiro atoms.